The molecule has 12 heavy (non-hydrogen) atoms. The number of nitrogens with two attached hydrogens (primary N) is 1. The van der Waals surface area contributed by atoms with Crippen LogP contribution in [0.5, 0.6) is 0 Å². The molecule has 0 spiro atoms. The highest BCUT2D eigenvalue weighted by Gasteiger charge is 2.03. The Morgan fingerprint density at radius 3 is 3.08 bits per heavy atom. The zero-order valence-electron chi connectivity index (χ0n) is 6.95. The Morgan fingerprint density at radius 1 is 1.83 bits per heavy atom. The highest BCUT2D eigenvalue weighted by molar-refractivity contribution is 7.19. The molecule has 1 unspecified atom stereocenters. The van der Waals surface area contributed by atoms with Crippen LogP contribution >= 0.6 is 11.3 Å². The molecule has 1 atom stereocenters. The molecule has 0 aliphatic carbocycles. The van der Waals surface area contributed by atoms with Crippen LogP contribution in [0.4, 0.5) is 10.1 Å². The number of aliphatic hydroxyl groups is 1. The summed E-state index contributed by atoms with van der Waals surface area (Å²) in [5.74, 6) is 0. The minimum Gasteiger partial charge on any atom is -0.396 e. The van der Waals surface area contributed by atoms with Gasteiger partial charge in [-0.05, 0) is 13.3 Å². The van der Waals surface area contributed by atoms with E-state index in [4.69, 9.17) is 10.8 Å². The minimum atomic E-state index is 0.190. The average molecular weight is 187 g/mol. The van der Waals surface area contributed by atoms with Gasteiger partial charge in [0.05, 0.1) is 6.20 Å². The van der Waals surface area contributed by atoms with Gasteiger partial charge in [0.2, 0.25) is 0 Å². The third-order valence-electron chi connectivity index (χ3n) is 1.46. The summed E-state index contributed by atoms with van der Waals surface area (Å²) in [6.45, 7) is 2.18. The van der Waals surface area contributed by atoms with Crippen LogP contribution in [0.15, 0.2) is 6.20 Å². The number of anilines is 2. The van der Waals surface area contributed by atoms with E-state index >= 15 is 0 Å². The Bertz CT molecular complexity index is 238. The fourth-order valence-electron chi connectivity index (χ4n) is 0.830. The van der Waals surface area contributed by atoms with E-state index in [9.17, 15) is 0 Å². The van der Waals surface area contributed by atoms with Crippen molar-refractivity contribution in [2.24, 2.45) is 0 Å². The molecular formula is C7H13N3OS. The smallest absolute Gasteiger partial charge is 0.184 e. The Morgan fingerprint density at radius 2 is 2.58 bits per heavy atom. The maximum Gasteiger partial charge on any atom is 0.184 e. The normalized spacial score (nSPS) is 12.8. The van der Waals surface area contributed by atoms with Gasteiger partial charge >= 0.3 is 0 Å². The van der Waals surface area contributed by atoms with Crippen molar-refractivity contribution in [1.82, 2.24) is 4.98 Å². The lowest BCUT2D eigenvalue weighted by molar-refractivity contribution is 0.282. The number of hydrogen-bond acceptors (Lipinski definition) is 5. The molecule has 68 valence electrons. The second-order valence-corrected chi connectivity index (χ2v) is 3.69. The highest BCUT2D eigenvalue weighted by Crippen LogP contribution is 2.20. The number of nitrogens with zero attached hydrogens (tertiary/aromatic N) is 1. The van der Waals surface area contributed by atoms with Crippen molar-refractivity contribution >= 4 is 21.5 Å². The number of aromatic nitrogens is 1. The van der Waals surface area contributed by atoms with E-state index in [0.717, 1.165) is 11.6 Å². The minimum absolute atomic E-state index is 0.190. The maximum atomic E-state index is 8.64. The molecule has 1 aromatic rings. The van der Waals surface area contributed by atoms with Crippen molar-refractivity contribution in [3.05, 3.63) is 6.20 Å². The van der Waals surface area contributed by atoms with Crippen molar-refractivity contribution in [3.63, 3.8) is 0 Å². The van der Waals surface area contributed by atoms with Gasteiger partial charge in [-0.3, -0.25) is 0 Å². The molecule has 0 bridgehead atoms. The summed E-state index contributed by atoms with van der Waals surface area (Å²) in [4.78, 5) is 4.04. The Labute approximate surface area is 75.4 Å². The summed E-state index contributed by atoms with van der Waals surface area (Å²) >= 11 is 1.42. The van der Waals surface area contributed by atoms with E-state index in [2.05, 4.69) is 10.3 Å². The van der Waals surface area contributed by atoms with Crippen LogP contribution < -0.4 is 11.1 Å². The summed E-state index contributed by atoms with van der Waals surface area (Å²) in [6.07, 6.45) is 2.35. The highest BCUT2D eigenvalue weighted by atomic mass is 32.1. The predicted molar refractivity (Wildman–Crippen MR) is 51.3 cm³/mol. The van der Waals surface area contributed by atoms with Gasteiger partial charge in [-0.2, -0.15) is 0 Å². The number of hydrogen-bond donors (Lipinski definition) is 3. The van der Waals surface area contributed by atoms with Crippen molar-refractivity contribution in [3.8, 4) is 0 Å². The Balaban J connectivity index is 2.41. The molecule has 0 fully saturated rings. The molecule has 0 saturated carbocycles. The summed E-state index contributed by atoms with van der Waals surface area (Å²) < 4.78 is 0. The lowest BCUT2D eigenvalue weighted by Crippen LogP contribution is -2.16. The average Bonchev–Trinajstić information content (AvgIpc) is 2.36. The lowest BCUT2D eigenvalue weighted by Gasteiger charge is -2.09. The molecule has 1 rings (SSSR count). The number of rotatable bonds is 4. The van der Waals surface area contributed by atoms with Crippen LogP contribution in [0.3, 0.4) is 0 Å². The molecule has 4 nitrogen and oxygen atoms in total. The van der Waals surface area contributed by atoms with Gasteiger partial charge in [0, 0.05) is 12.6 Å². The number of nitrogens with one attached hydrogen (secondary N) is 1. The first-order valence-electron chi connectivity index (χ1n) is 3.81. The summed E-state index contributed by atoms with van der Waals surface area (Å²) in [7, 11) is 0. The second-order valence-electron chi connectivity index (χ2n) is 2.63. The quantitative estimate of drug-likeness (QED) is 0.655. The van der Waals surface area contributed by atoms with Gasteiger partial charge < -0.3 is 16.2 Å². The Hall–Kier alpha value is -0.810. The van der Waals surface area contributed by atoms with Gasteiger partial charge in [-0.15, -0.1) is 0 Å². The van der Waals surface area contributed by atoms with Crippen molar-refractivity contribution in [2.45, 2.75) is 19.4 Å². The molecule has 1 heterocycles. The van der Waals surface area contributed by atoms with Crippen molar-refractivity contribution < 1.29 is 5.11 Å². The summed E-state index contributed by atoms with van der Waals surface area (Å²) in [6, 6.07) is 0.237. The van der Waals surface area contributed by atoms with Crippen LogP contribution in [0, 0.1) is 0 Å². The first kappa shape index (κ1) is 9.28. The zero-order chi connectivity index (χ0) is 8.97. The van der Waals surface area contributed by atoms with Crippen LogP contribution in [0.2, 0.25) is 0 Å². The number of aliphatic hydroxyl groups excluding tert-OH is 1. The molecule has 5 heteroatoms. The van der Waals surface area contributed by atoms with E-state index in [0.29, 0.717) is 5.00 Å². The van der Waals surface area contributed by atoms with Gasteiger partial charge in [0.15, 0.2) is 5.13 Å². The third-order valence-corrected chi connectivity index (χ3v) is 2.21. The van der Waals surface area contributed by atoms with Crippen LogP contribution in [-0.2, 0) is 0 Å². The monoisotopic (exact) mass is 187 g/mol. The zero-order valence-corrected chi connectivity index (χ0v) is 7.77. The molecular weight excluding hydrogens is 174 g/mol. The number of nitrogen functional groups attached to an aromatic ring is 1. The van der Waals surface area contributed by atoms with E-state index in [-0.39, 0.29) is 12.6 Å². The van der Waals surface area contributed by atoms with Crippen LogP contribution in [0.25, 0.3) is 0 Å². The van der Waals surface area contributed by atoms with Gasteiger partial charge in [-0.25, -0.2) is 4.98 Å². The molecule has 0 saturated heterocycles. The maximum absolute atomic E-state index is 8.64. The standard InChI is InChI=1S/C7H13N3OS/c1-5(2-3-11)10-7-9-4-6(8)12-7/h4-5,11H,2-3,8H2,1H3,(H,9,10). The van der Waals surface area contributed by atoms with E-state index in [1.807, 2.05) is 6.92 Å². The molecule has 0 aromatic carbocycles. The lowest BCUT2D eigenvalue weighted by atomic mass is 10.2. The number of thiazole rings is 1. The molecule has 0 aliphatic heterocycles. The molecule has 0 aliphatic rings. The molecule has 1 aromatic heterocycles. The summed E-state index contributed by atoms with van der Waals surface area (Å²) in [5.41, 5.74) is 5.49. The molecule has 0 radical (unpaired) electrons. The fourth-order valence-corrected chi connectivity index (χ4v) is 1.52. The largest absolute Gasteiger partial charge is 0.396 e. The van der Waals surface area contributed by atoms with Crippen LogP contribution in [0.1, 0.15) is 13.3 Å². The van der Waals surface area contributed by atoms with Crippen molar-refractivity contribution in [2.75, 3.05) is 17.7 Å². The molecule has 0 amide bonds. The summed E-state index contributed by atoms with van der Waals surface area (Å²) in [5, 5.41) is 13.3. The fraction of sp³-hybridized carbons (Fsp3) is 0.571. The predicted octanol–water partition coefficient (Wildman–Crippen LogP) is 0.908. The molecule has 4 N–H and O–H groups in total. The van der Waals surface area contributed by atoms with E-state index < -0.39 is 0 Å². The van der Waals surface area contributed by atoms with Gasteiger partial charge in [0.25, 0.3) is 0 Å². The van der Waals surface area contributed by atoms with Gasteiger partial charge in [-0.1, -0.05) is 11.3 Å². The first-order chi connectivity index (χ1) is 5.72. The van der Waals surface area contributed by atoms with Gasteiger partial charge in [0.1, 0.15) is 5.00 Å². The van der Waals surface area contributed by atoms with E-state index in [1.54, 1.807) is 6.20 Å². The first-order valence-corrected chi connectivity index (χ1v) is 4.62. The third kappa shape index (κ3) is 2.67. The SMILES string of the molecule is CC(CCO)Nc1ncc(N)s1. The second kappa shape index (κ2) is 4.27. The van der Waals surface area contributed by atoms with E-state index in [1.165, 1.54) is 11.3 Å². The Kier molecular flexibility index (Phi) is 3.31. The topological polar surface area (TPSA) is 71.2 Å². The van der Waals surface area contributed by atoms with Crippen LogP contribution in [-0.4, -0.2) is 22.7 Å². The van der Waals surface area contributed by atoms with Crippen molar-refractivity contribution in [1.29, 1.82) is 0 Å².